The highest BCUT2D eigenvalue weighted by Gasteiger charge is 2.29. The summed E-state index contributed by atoms with van der Waals surface area (Å²) in [6.45, 7) is 0.613. The number of carbonyl (C=O) groups is 1. The second kappa shape index (κ2) is 15.1. The van der Waals surface area contributed by atoms with Crippen LogP contribution in [0.5, 0.6) is 0 Å². The first-order valence-electron chi connectivity index (χ1n) is 17.9. The van der Waals surface area contributed by atoms with Crippen LogP contribution in [-0.2, 0) is 32.5 Å². The van der Waals surface area contributed by atoms with Crippen molar-refractivity contribution in [3.05, 3.63) is 142 Å². The summed E-state index contributed by atoms with van der Waals surface area (Å²) in [7, 11) is -3.91. The number of hydrogen-bond donors (Lipinski definition) is 1. The molecule has 8 rings (SSSR count). The molecule has 6 aromatic rings. The Morgan fingerprint density at radius 2 is 1.61 bits per heavy atom. The molecule has 3 heterocycles. The minimum Gasteiger partial charge on any atom is -0.379 e. The van der Waals surface area contributed by atoms with E-state index in [9.17, 15) is 35.6 Å². The first-order valence-corrected chi connectivity index (χ1v) is 19.3. The lowest BCUT2D eigenvalue weighted by Crippen LogP contribution is -2.40. The highest BCUT2D eigenvalue weighted by Crippen LogP contribution is 2.38. The van der Waals surface area contributed by atoms with Gasteiger partial charge < -0.3 is 10.1 Å². The van der Waals surface area contributed by atoms with E-state index in [1.165, 1.54) is 56.0 Å². The summed E-state index contributed by atoms with van der Waals surface area (Å²) in [5.74, 6) is -3.42. The number of carbonyl (C=O) groups excluding carboxylic acids is 1. The Morgan fingerprint density at radius 1 is 0.875 bits per heavy atom. The second-order valence-corrected chi connectivity index (χ2v) is 15.7. The van der Waals surface area contributed by atoms with Gasteiger partial charge in [-0.15, -0.1) is 0 Å². The smallest absolute Gasteiger partial charge is 0.266 e. The fraction of sp³-hybridized carbons (Fsp3) is 0.250. The maximum Gasteiger partial charge on any atom is 0.266 e. The van der Waals surface area contributed by atoms with Gasteiger partial charge in [-0.2, -0.15) is 9.40 Å². The number of nitrogens with one attached hydrogen (secondary N) is 1. The molecule has 1 N–H and O–H groups in total. The van der Waals surface area contributed by atoms with Crippen LogP contribution in [0, 0.1) is 23.3 Å². The van der Waals surface area contributed by atoms with Gasteiger partial charge in [-0.3, -0.25) is 18.8 Å². The largest absolute Gasteiger partial charge is 0.379 e. The highest BCUT2D eigenvalue weighted by atomic mass is 32.2. The number of halogens is 4. The van der Waals surface area contributed by atoms with Crippen molar-refractivity contribution in [2.24, 2.45) is 0 Å². The lowest BCUT2D eigenvalue weighted by Gasteiger charge is -2.26. The van der Waals surface area contributed by atoms with Gasteiger partial charge in [-0.1, -0.05) is 6.07 Å². The third kappa shape index (κ3) is 7.72. The molecule has 0 bridgehead atoms. The van der Waals surface area contributed by atoms with Gasteiger partial charge in [0.15, 0.2) is 0 Å². The Bertz CT molecular complexity index is 2620. The molecule has 1 saturated heterocycles. The molecule has 1 atom stereocenters. The standard InChI is InChI=1S/C40H34F4N6O5S/c41-27-4-10-34(44)33(22-27)26-3-9-32-36(20-26)46-39(50(40(32)52)30-5-7-31(8-6-30)56(53,54)49-13-15-55-16-14-49)37(19-24-17-28(42)21-29(43)18-24)45-38(51)23-48-12-11-35(47-48)25-1-2-25/h3-12,17-18,20-22,25,37H,1-2,13-16,19,23H2,(H,45,51). The zero-order chi connectivity index (χ0) is 39.1. The highest BCUT2D eigenvalue weighted by molar-refractivity contribution is 7.89. The van der Waals surface area contributed by atoms with Crippen molar-refractivity contribution in [2.45, 2.75) is 42.7 Å². The zero-order valence-electron chi connectivity index (χ0n) is 29.7. The summed E-state index contributed by atoms with van der Waals surface area (Å²) in [6.07, 6.45) is 3.45. The third-order valence-electron chi connectivity index (χ3n) is 9.81. The van der Waals surface area contributed by atoms with E-state index in [4.69, 9.17) is 9.72 Å². The molecule has 2 fully saturated rings. The SMILES string of the molecule is O=C(Cn1ccc(C2CC2)n1)NC(Cc1cc(F)cc(F)c1)c1nc2cc(-c3cc(F)ccc3F)ccc2c(=O)n1-c1ccc(S(=O)(=O)N2CCOCC2)cc1. The van der Waals surface area contributed by atoms with Crippen LogP contribution in [0.3, 0.4) is 0 Å². The molecule has 11 nitrogen and oxygen atoms in total. The minimum atomic E-state index is -3.91. The van der Waals surface area contributed by atoms with Gasteiger partial charge in [-0.05, 0) is 96.8 Å². The molecule has 1 saturated carbocycles. The van der Waals surface area contributed by atoms with Crippen molar-refractivity contribution in [1.82, 2.24) is 29.0 Å². The van der Waals surface area contributed by atoms with Gasteiger partial charge in [0.2, 0.25) is 15.9 Å². The summed E-state index contributed by atoms with van der Waals surface area (Å²) in [4.78, 5) is 33.1. The van der Waals surface area contributed by atoms with Crippen LogP contribution < -0.4 is 10.9 Å². The molecule has 1 amide bonds. The molecule has 2 aliphatic rings. The van der Waals surface area contributed by atoms with Gasteiger partial charge in [0, 0.05) is 43.3 Å². The van der Waals surface area contributed by atoms with Crippen LogP contribution >= 0.6 is 0 Å². The van der Waals surface area contributed by atoms with Crippen molar-refractivity contribution in [1.29, 1.82) is 0 Å². The summed E-state index contributed by atoms with van der Waals surface area (Å²) in [6, 6.07) is 16.3. The third-order valence-corrected chi connectivity index (χ3v) is 11.7. The van der Waals surface area contributed by atoms with Gasteiger partial charge >= 0.3 is 0 Å². The van der Waals surface area contributed by atoms with E-state index in [0.29, 0.717) is 12.0 Å². The first kappa shape index (κ1) is 37.2. The van der Waals surface area contributed by atoms with Crippen molar-refractivity contribution in [3.8, 4) is 16.8 Å². The number of morpholine rings is 1. The van der Waals surface area contributed by atoms with Crippen molar-refractivity contribution in [2.75, 3.05) is 26.3 Å². The van der Waals surface area contributed by atoms with E-state index in [1.54, 1.807) is 6.20 Å². The number of rotatable bonds is 11. The molecule has 56 heavy (non-hydrogen) atoms. The summed E-state index contributed by atoms with van der Waals surface area (Å²) < 4.78 is 94.4. The molecule has 4 aromatic carbocycles. The molecule has 0 radical (unpaired) electrons. The van der Waals surface area contributed by atoms with Crippen LogP contribution in [0.2, 0.25) is 0 Å². The summed E-state index contributed by atoms with van der Waals surface area (Å²) >= 11 is 0. The predicted octanol–water partition coefficient (Wildman–Crippen LogP) is 5.80. The molecule has 2 aromatic heterocycles. The molecule has 1 unspecified atom stereocenters. The molecular weight excluding hydrogens is 753 g/mol. The maximum absolute atomic E-state index is 14.9. The monoisotopic (exact) mass is 786 g/mol. The second-order valence-electron chi connectivity index (χ2n) is 13.8. The summed E-state index contributed by atoms with van der Waals surface area (Å²) in [5, 5.41) is 7.44. The van der Waals surface area contributed by atoms with E-state index >= 15 is 0 Å². The van der Waals surface area contributed by atoms with E-state index in [2.05, 4.69) is 10.4 Å². The Hall–Kier alpha value is -5.71. The number of benzene rings is 4. The Labute approximate surface area is 318 Å². The quantitative estimate of drug-likeness (QED) is 0.165. The van der Waals surface area contributed by atoms with Crippen LogP contribution in [0.15, 0.2) is 101 Å². The molecule has 0 spiro atoms. The number of aromatic nitrogens is 4. The number of nitrogens with zero attached hydrogens (tertiary/aromatic N) is 5. The number of ether oxygens (including phenoxy) is 1. The average Bonchev–Trinajstić information content (AvgIpc) is 3.93. The van der Waals surface area contributed by atoms with Gasteiger partial charge in [0.1, 0.15) is 35.6 Å². The number of fused-ring (bicyclic) bond motifs is 1. The van der Waals surface area contributed by atoms with E-state index in [1.807, 2.05) is 6.07 Å². The topological polar surface area (TPSA) is 128 Å². The Balaban J connectivity index is 1.27. The fourth-order valence-electron chi connectivity index (χ4n) is 6.90. The van der Waals surface area contributed by atoms with Gasteiger partial charge in [-0.25, -0.2) is 31.0 Å². The minimum absolute atomic E-state index is 0.0295. The normalized spacial score (nSPS) is 15.6. The molecule has 1 aliphatic heterocycles. The van der Waals surface area contributed by atoms with Crippen LogP contribution in [0.25, 0.3) is 27.7 Å². The average molecular weight is 787 g/mol. The van der Waals surface area contributed by atoms with Gasteiger partial charge in [0.05, 0.1) is 46.4 Å². The van der Waals surface area contributed by atoms with Crippen molar-refractivity contribution >= 4 is 26.8 Å². The molecule has 288 valence electrons. The predicted molar refractivity (Wildman–Crippen MR) is 197 cm³/mol. The fourth-order valence-corrected chi connectivity index (χ4v) is 8.30. The number of hydrogen-bond acceptors (Lipinski definition) is 7. The molecule has 1 aliphatic carbocycles. The van der Waals surface area contributed by atoms with E-state index in [0.717, 1.165) is 48.9 Å². The lowest BCUT2D eigenvalue weighted by atomic mass is 10.0. The zero-order valence-corrected chi connectivity index (χ0v) is 30.5. The number of sulfonamides is 1. The lowest BCUT2D eigenvalue weighted by molar-refractivity contribution is -0.122. The Morgan fingerprint density at radius 3 is 2.32 bits per heavy atom. The van der Waals surface area contributed by atoms with Crippen molar-refractivity contribution < 1.29 is 35.5 Å². The van der Waals surface area contributed by atoms with Crippen molar-refractivity contribution in [3.63, 3.8) is 0 Å². The van der Waals surface area contributed by atoms with Crippen LogP contribution in [0.4, 0.5) is 17.6 Å². The summed E-state index contributed by atoms with van der Waals surface area (Å²) in [5.41, 5.74) is 0.699. The number of amides is 1. The van der Waals surface area contributed by atoms with Crippen LogP contribution in [0.1, 0.15) is 41.9 Å². The Kier molecular flexibility index (Phi) is 10.0. The van der Waals surface area contributed by atoms with Crippen LogP contribution in [-0.4, -0.2) is 64.3 Å². The van der Waals surface area contributed by atoms with E-state index < -0.39 is 50.8 Å². The molecular formula is C40H34F4N6O5S. The van der Waals surface area contributed by atoms with Gasteiger partial charge in [0.25, 0.3) is 5.56 Å². The first-order chi connectivity index (χ1) is 26.9. The maximum atomic E-state index is 14.9. The van der Waals surface area contributed by atoms with E-state index in [-0.39, 0.29) is 83.3 Å². The molecule has 16 heteroatoms.